The topological polar surface area (TPSA) is 62.2 Å². The molecule has 0 bridgehead atoms. The highest BCUT2D eigenvalue weighted by Crippen LogP contribution is 2.42. The van der Waals surface area contributed by atoms with Crippen molar-refractivity contribution in [1.29, 1.82) is 0 Å². The van der Waals surface area contributed by atoms with Crippen LogP contribution in [0.2, 0.25) is 0 Å². The molecule has 2 aliphatic rings. The Kier molecular flexibility index (Phi) is 5.42. The minimum absolute atomic E-state index is 0.00929. The van der Waals surface area contributed by atoms with Crippen molar-refractivity contribution >= 4 is 0 Å². The number of aliphatic hydroxyl groups excluding tert-OH is 1. The number of rotatable bonds is 6. The molecule has 1 heterocycles. The Balaban J connectivity index is 1.32. The molecule has 2 fully saturated rings. The Morgan fingerprint density at radius 2 is 1.79 bits per heavy atom. The lowest BCUT2D eigenvalue weighted by Gasteiger charge is -2.23. The number of aromatic hydroxyl groups is 1. The van der Waals surface area contributed by atoms with E-state index in [4.69, 9.17) is 9.47 Å². The van der Waals surface area contributed by atoms with E-state index >= 15 is 0 Å². The average Bonchev–Trinajstić information content (AvgIpc) is 3.21. The third-order valence-electron chi connectivity index (χ3n) is 5.93. The van der Waals surface area contributed by atoms with Gasteiger partial charge in [-0.1, -0.05) is 18.2 Å². The number of phenols is 1. The summed E-state index contributed by atoms with van der Waals surface area (Å²) in [6.45, 7) is 2.40. The van der Waals surface area contributed by atoms with Crippen LogP contribution in [0.5, 0.6) is 17.2 Å². The predicted molar refractivity (Wildman–Crippen MR) is 103 cm³/mol. The van der Waals surface area contributed by atoms with Gasteiger partial charge >= 0.3 is 0 Å². The first-order chi connectivity index (χ1) is 13.5. The number of benzene rings is 2. The summed E-state index contributed by atoms with van der Waals surface area (Å²) in [6.07, 6.45) is 1.18. The fourth-order valence-corrected chi connectivity index (χ4v) is 4.56. The number of β-amino-alcohol motifs (C(OH)–C–C–N with tert-alkyl or cyclic N) is 1. The van der Waals surface area contributed by atoms with Crippen LogP contribution in [0.25, 0.3) is 0 Å². The smallest absolute Gasteiger partial charge is 0.197 e. The van der Waals surface area contributed by atoms with Gasteiger partial charge in [0.2, 0.25) is 0 Å². The van der Waals surface area contributed by atoms with Crippen molar-refractivity contribution in [2.24, 2.45) is 11.8 Å². The molecule has 2 aromatic carbocycles. The van der Waals surface area contributed by atoms with Gasteiger partial charge in [-0.25, -0.2) is 4.39 Å². The highest BCUT2D eigenvalue weighted by Gasteiger charge is 2.42. The third kappa shape index (κ3) is 3.93. The zero-order chi connectivity index (χ0) is 19.7. The number of halogens is 1. The van der Waals surface area contributed by atoms with E-state index in [1.165, 1.54) is 13.2 Å². The van der Waals surface area contributed by atoms with E-state index in [2.05, 4.69) is 4.90 Å². The number of para-hydroxylation sites is 1. The molecule has 0 amide bonds. The Hall–Kier alpha value is -2.31. The molecule has 4 rings (SSSR count). The van der Waals surface area contributed by atoms with Gasteiger partial charge in [0.05, 0.1) is 19.3 Å². The van der Waals surface area contributed by atoms with Crippen LogP contribution in [0.3, 0.4) is 0 Å². The summed E-state index contributed by atoms with van der Waals surface area (Å²) in [7, 11) is 1.52. The number of likely N-dealkylation sites (tertiary alicyclic amines) is 1. The lowest BCUT2D eigenvalue weighted by Crippen LogP contribution is -2.29. The van der Waals surface area contributed by atoms with Gasteiger partial charge in [0.1, 0.15) is 5.75 Å². The normalized spacial score (nSPS) is 25.5. The zero-order valence-corrected chi connectivity index (χ0v) is 15.9. The molecule has 2 N–H and O–H groups in total. The van der Waals surface area contributed by atoms with E-state index in [0.717, 1.165) is 31.5 Å². The monoisotopic (exact) mass is 387 g/mol. The molecule has 28 heavy (non-hydrogen) atoms. The van der Waals surface area contributed by atoms with Gasteiger partial charge < -0.3 is 19.7 Å². The first-order valence-electron chi connectivity index (χ1n) is 9.72. The van der Waals surface area contributed by atoms with E-state index in [9.17, 15) is 14.6 Å². The summed E-state index contributed by atoms with van der Waals surface area (Å²) in [5, 5.41) is 19.8. The van der Waals surface area contributed by atoms with Crippen molar-refractivity contribution < 1.29 is 24.1 Å². The Labute approximate surface area is 164 Å². The Bertz CT molecular complexity index is 799. The van der Waals surface area contributed by atoms with Crippen molar-refractivity contribution in [2.75, 3.05) is 26.7 Å². The maximum atomic E-state index is 14.1. The summed E-state index contributed by atoms with van der Waals surface area (Å²) < 4.78 is 25.3. The van der Waals surface area contributed by atoms with Gasteiger partial charge in [0, 0.05) is 19.6 Å². The summed E-state index contributed by atoms with van der Waals surface area (Å²) in [5.41, 5.74) is 0.808. The largest absolute Gasteiger partial charge is 0.508 e. The highest BCUT2D eigenvalue weighted by atomic mass is 19.1. The van der Waals surface area contributed by atoms with Crippen molar-refractivity contribution in [2.45, 2.75) is 25.0 Å². The highest BCUT2D eigenvalue weighted by molar-refractivity contribution is 5.41. The van der Waals surface area contributed by atoms with Crippen molar-refractivity contribution in [3.8, 4) is 17.2 Å². The number of methoxy groups -OCH3 is 1. The molecular formula is C22H26FNO4. The van der Waals surface area contributed by atoms with Crippen LogP contribution in [-0.2, 0) is 0 Å². The SMILES string of the molecule is COc1cccc(F)c1O[C@H]1C[C@@H]2CN(CC(O)c3ccc(O)cc3)C[C@@H]2C1. The summed E-state index contributed by atoms with van der Waals surface area (Å²) in [6, 6.07) is 11.4. The number of phenolic OH excluding ortho intramolecular Hbond substituents is 1. The van der Waals surface area contributed by atoms with E-state index in [-0.39, 0.29) is 17.6 Å². The molecule has 1 saturated heterocycles. The maximum absolute atomic E-state index is 14.1. The van der Waals surface area contributed by atoms with Crippen LogP contribution < -0.4 is 9.47 Å². The number of hydrogen-bond donors (Lipinski definition) is 2. The van der Waals surface area contributed by atoms with Gasteiger partial charge in [-0.3, -0.25) is 4.90 Å². The minimum atomic E-state index is -0.575. The molecule has 1 unspecified atom stereocenters. The van der Waals surface area contributed by atoms with Gasteiger partial charge in [-0.05, 0) is 54.5 Å². The first kappa shape index (κ1) is 19.0. The average molecular weight is 387 g/mol. The number of aliphatic hydroxyl groups is 1. The van der Waals surface area contributed by atoms with Crippen LogP contribution in [0, 0.1) is 17.7 Å². The molecule has 6 heteroatoms. The molecular weight excluding hydrogens is 361 g/mol. The second-order valence-electron chi connectivity index (χ2n) is 7.83. The molecule has 150 valence electrons. The lowest BCUT2D eigenvalue weighted by molar-refractivity contribution is 0.115. The van der Waals surface area contributed by atoms with Gasteiger partial charge in [-0.15, -0.1) is 0 Å². The van der Waals surface area contributed by atoms with Crippen LogP contribution in [0.15, 0.2) is 42.5 Å². The summed E-state index contributed by atoms with van der Waals surface area (Å²) in [4.78, 5) is 2.28. The fourth-order valence-electron chi connectivity index (χ4n) is 4.56. The molecule has 1 aliphatic carbocycles. The van der Waals surface area contributed by atoms with Gasteiger partial charge in [-0.2, -0.15) is 0 Å². The number of nitrogens with zero attached hydrogens (tertiary/aromatic N) is 1. The first-order valence-corrected chi connectivity index (χ1v) is 9.72. The molecule has 1 saturated carbocycles. The van der Waals surface area contributed by atoms with E-state index in [0.29, 0.717) is 24.1 Å². The summed E-state index contributed by atoms with van der Waals surface area (Å²) in [5.74, 6) is 1.43. The molecule has 2 aromatic rings. The fraction of sp³-hybridized carbons (Fsp3) is 0.455. The van der Waals surface area contributed by atoms with Crippen LogP contribution in [0.1, 0.15) is 24.5 Å². The third-order valence-corrected chi connectivity index (χ3v) is 5.93. The molecule has 1 aliphatic heterocycles. The van der Waals surface area contributed by atoms with E-state index in [1.54, 1.807) is 36.4 Å². The number of hydrogen-bond acceptors (Lipinski definition) is 5. The minimum Gasteiger partial charge on any atom is -0.508 e. The van der Waals surface area contributed by atoms with E-state index in [1.807, 2.05) is 0 Å². The van der Waals surface area contributed by atoms with Crippen LogP contribution in [-0.4, -0.2) is 48.0 Å². The van der Waals surface area contributed by atoms with Crippen molar-refractivity contribution in [1.82, 2.24) is 4.90 Å². The molecule has 0 radical (unpaired) electrons. The zero-order valence-electron chi connectivity index (χ0n) is 15.9. The van der Waals surface area contributed by atoms with Crippen LogP contribution >= 0.6 is 0 Å². The second kappa shape index (κ2) is 7.97. The molecule has 0 aromatic heterocycles. The predicted octanol–water partition coefficient (Wildman–Crippen LogP) is 3.36. The van der Waals surface area contributed by atoms with Crippen molar-refractivity contribution in [3.63, 3.8) is 0 Å². The second-order valence-corrected chi connectivity index (χ2v) is 7.83. The maximum Gasteiger partial charge on any atom is 0.197 e. The van der Waals surface area contributed by atoms with Crippen molar-refractivity contribution in [3.05, 3.63) is 53.8 Å². The Morgan fingerprint density at radius 1 is 1.11 bits per heavy atom. The molecule has 0 spiro atoms. The quantitative estimate of drug-likeness (QED) is 0.796. The lowest BCUT2D eigenvalue weighted by atomic mass is 10.0. The van der Waals surface area contributed by atoms with Gasteiger partial charge in [0.15, 0.2) is 17.3 Å². The summed E-state index contributed by atoms with van der Waals surface area (Å²) >= 11 is 0. The standard InChI is InChI=1S/C22H26FNO4/c1-27-21-4-2-3-19(23)22(21)28-18-9-15-11-24(12-16(15)10-18)13-20(26)14-5-7-17(25)8-6-14/h2-8,15-16,18,20,25-26H,9-13H2,1H3/t15-,16+,18+,20?. The Morgan fingerprint density at radius 3 is 2.43 bits per heavy atom. The molecule has 5 nitrogen and oxygen atoms in total. The molecule has 4 atom stereocenters. The van der Waals surface area contributed by atoms with Gasteiger partial charge in [0.25, 0.3) is 0 Å². The number of fused-ring (bicyclic) bond motifs is 1. The number of ether oxygens (including phenoxy) is 2. The van der Waals surface area contributed by atoms with Crippen LogP contribution in [0.4, 0.5) is 4.39 Å². The van der Waals surface area contributed by atoms with E-state index < -0.39 is 11.9 Å².